The van der Waals surface area contributed by atoms with E-state index in [1.54, 1.807) is 24.3 Å². The van der Waals surface area contributed by atoms with E-state index < -0.39 is 10.1 Å². The first-order valence-corrected chi connectivity index (χ1v) is 9.91. The molecule has 136 valence electrons. The predicted octanol–water partition coefficient (Wildman–Crippen LogP) is 4.94. The molecular formula is C19H24O5S. The van der Waals surface area contributed by atoms with Crippen LogP contribution >= 0.6 is 0 Å². The van der Waals surface area contributed by atoms with E-state index in [9.17, 15) is 18.1 Å². The summed E-state index contributed by atoms with van der Waals surface area (Å²) in [6.45, 7) is 2.17. The molecule has 0 heterocycles. The minimum atomic E-state index is -4.40. The molecule has 0 saturated heterocycles. The molecule has 0 saturated carbocycles. The summed E-state index contributed by atoms with van der Waals surface area (Å²) in [5.41, 5.74) is 0.944. The van der Waals surface area contributed by atoms with E-state index in [4.69, 9.17) is 4.74 Å². The summed E-state index contributed by atoms with van der Waals surface area (Å²) in [4.78, 5) is -0.287. The highest BCUT2D eigenvalue weighted by molar-refractivity contribution is 7.86. The van der Waals surface area contributed by atoms with Crippen molar-refractivity contribution in [1.82, 2.24) is 0 Å². The number of aryl methyl sites for hydroxylation is 1. The van der Waals surface area contributed by atoms with Crippen molar-refractivity contribution in [2.24, 2.45) is 0 Å². The van der Waals surface area contributed by atoms with Gasteiger partial charge in [0.1, 0.15) is 22.1 Å². The molecule has 0 aromatic heterocycles. The van der Waals surface area contributed by atoms with Crippen LogP contribution in [0.4, 0.5) is 0 Å². The number of phenols is 1. The summed E-state index contributed by atoms with van der Waals surface area (Å²) in [7, 11) is -4.40. The van der Waals surface area contributed by atoms with E-state index in [0.717, 1.165) is 24.8 Å². The molecule has 0 unspecified atom stereocenters. The Morgan fingerprint density at radius 3 is 2.44 bits per heavy atom. The van der Waals surface area contributed by atoms with Gasteiger partial charge in [-0.15, -0.1) is 0 Å². The molecule has 0 radical (unpaired) electrons. The lowest BCUT2D eigenvalue weighted by molar-refractivity contribution is 0.440. The number of rotatable bonds is 9. The maximum atomic E-state index is 11.6. The lowest BCUT2D eigenvalue weighted by Gasteiger charge is -2.12. The van der Waals surface area contributed by atoms with Gasteiger partial charge < -0.3 is 9.84 Å². The van der Waals surface area contributed by atoms with Gasteiger partial charge in [0, 0.05) is 6.07 Å². The maximum absolute atomic E-state index is 11.6. The molecule has 0 aliphatic carbocycles. The van der Waals surface area contributed by atoms with Crippen LogP contribution in [0.2, 0.25) is 0 Å². The van der Waals surface area contributed by atoms with Gasteiger partial charge in [-0.05, 0) is 42.7 Å². The highest BCUT2D eigenvalue weighted by Gasteiger charge is 2.18. The van der Waals surface area contributed by atoms with E-state index in [2.05, 4.69) is 6.92 Å². The van der Waals surface area contributed by atoms with Crippen LogP contribution in [-0.4, -0.2) is 18.1 Å². The van der Waals surface area contributed by atoms with Gasteiger partial charge in [0.25, 0.3) is 10.1 Å². The van der Waals surface area contributed by atoms with Gasteiger partial charge in [0.05, 0.1) is 0 Å². The standard InChI is InChI=1S/C19H24O5S/c1-2-3-4-5-6-8-15-11-12-19(25(21,22)23)18(13-15)24-17-10-7-9-16(20)14-17/h7,9-14,20H,2-6,8H2,1H3,(H,21,22,23). The molecule has 0 aliphatic rings. The maximum Gasteiger partial charge on any atom is 0.298 e. The minimum Gasteiger partial charge on any atom is -0.508 e. The van der Waals surface area contributed by atoms with Crippen molar-refractivity contribution in [3.8, 4) is 17.2 Å². The van der Waals surface area contributed by atoms with Crippen LogP contribution in [0, 0.1) is 0 Å². The van der Waals surface area contributed by atoms with E-state index in [-0.39, 0.29) is 16.4 Å². The van der Waals surface area contributed by atoms with Crippen LogP contribution in [-0.2, 0) is 16.5 Å². The molecule has 5 nitrogen and oxygen atoms in total. The third-order valence-corrected chi connectivity index (χ3v) is 4.79. The normalized spacial score (nSPS) is 11.4. The SMILES string of the molecule is CCCCCCCc1ccc(S(=O)(=O)O)c(Oc2cccc(O)c2)c1. The number of hydrogen-bond acceptors (Lipinski definition) is 4. The van der Waals surface area contributed by atoms with Crippen molar-refractivity contribution < 1.29 is 22.8 Å². The van der Waals surface area contributed by atoms with Crippen LogP contribution in [0.15, 0.2) is 47.4 Å². The zero-order chi connectivity index (χ0) is 18.3. The second-order valence-electron chi connectivity index (χ2n) is 6.02. The van der Waals surface area contributed by atoms with Crippen LogP contribution in [0.1, 0.15) is 44.6 Å². The van der Waals surface area contributed by atoms with Gasteiger partial charge in [-0.25, -0.2) is 0 Å². The first kappa shape index (κ1) is 19.3. The fourth-order valence-electron chi connectivity index (χ4n) is 2.61. The van der Waals surface area contributed by atoms with E-state index >= 15 is 0 Å². The predicted molar refractivity (Wildman–Crippen MR) is 96.9 cm³/mol. The number of ether oxygens (including phenoxy) is 1. The van der Waals surface area contributed by atoms with Gasteiger partial charge in [0.15, 0.2) is 0 Å². The van der Waals surface area contributed by atoms with Gasteiger partial charge in [0.2, 0.25) is 0 Å². The second kappa shape index (κ2) is 8.87. The summed E-state index contributed by atoms with van der Waals surface area (Å²) in [6, 6.07) is 10.7. The Morgan fingerprint density at radius 2 is 1.76 bits per heavy atom. The molecule has 0 fully saturated rings. The highest BCUT2D eigenvalue weighted by atomic mass is 32.2. The Kier molecular flexibility index (Phi) is 6.84. The van der Waals surface area contributed by atoms with Crippen LogP contribution in [0.5, 0.6) is 17.2 Å². The summed E-state index contributed by atoms with van der Waals surface area (Å²) in [5, 5.41) is 9.51. The van der Waals surface area contributed by atoms with Gasteiger partial charge >= 0.3 is 0 Å². The number of phenolic OH excluding ortho intramolecular Hbond substituents is 1. The zero-order valence-electron chi connectivity index (χ0n) is 14.3. The molecule has 2 N–H and O–H groups in total. The topological polar surface area (TPSA) is 83.8 Å². The summed E-state index contributed by atoms with van der Waals surface area (Å²) in [6.07, 6.45) is 6.53. The number of aromatic hydroxyl groups is 1. The second-order valence-corrected chi connectivity index (χ2v) is 7.41. The third kappa shape index (κ3) is 6.07. The molecule has 6 heteroatoms. The molecule has 0 bridgehead atoms. The Balaban J connectivity index is 2.20. The lowest BCUT2D eigenvalue weighted by atomic mass is 10.1. The Morgan fingerprint density at radius 1 is 1.00 bits per heavy atom. The van der Waals surface area contributed by atoms with Crippen LogP contribution in [0.3, 0.4) is 0 Å². The number of unbranched alkanes of at least 4 members (excludes halogenated alkanes) is 4. The Hall–Kier alpha value is -2.05. The largest absolute Gasteiger partial charge is 0.508 e. The zero-order valence-corrected chi connectivity index (χ0v) is 15.1. The van der Waals surface area contributed by atoms with Crippen LogP contribution in [0.25, 0.3) is 0 Å². The molecule has 2 aromatic carbocycles. The van der Waals surface area contributed by atoms with Gasteiger partial charge in [-0.2, -0.15) is 8.42 Å². The highest BCUT2D eigenvalue weighted by Crippen LogP contribution is 2.31. The summed E-state index contributed by atoms with van der Waals surface area (Å²) >= 11 is 0. The van der Waals surface area contributed by atoms with Crippen molar-refractivity contribution in [3.05, 3.63) is 48.0 Å². The summed E-state index contributed by atoms with van der Waals surface area (Å²) < 4.78 is 38.2. The Labute approximate surface area is 149 Å². The lowest BCUT2D eigenvalue weighted by Crippen LogP contribution is -2.02. The van der Waals surface area contributed by atoms with Crippen molar-refractivity contribution in [1.29, 1.82) is 0 Å². The van der Waals surface area contributed by atoms with E-state index in [1.807, 2.05) is 0 Å². The average molecular weight is 364 g/mol. The molecule has 0 atom stereocenters. The monoisotopic (exact) mass is 364 g/mol. The molecule has 0 aliphatic heterocycles. The molecule has 2 rings (SSSR count). The van der Waals surface area contributed by atoms with Crippen molar-refractivity contribution >= 4 is 10.1 Å². The van der Waals surface area contributed by atoms with Gasteiger partial charge in [-0.3, -0.25) is 4.55 Å². The Bertz CT molecular complexity index is 799. The third-order valence-electron chi connectivity index (χ3n) is 3.90. The number of benzene rings is 2. The average Bonchev–Trinajstić information content (AvgIpc) is 2.54. The molecule has 0 spiro atoms. The number of hydrogen-bond donors (Lipinski definition) is 2. The van der Waals surface area contributed by atoms with E-state index in [0.29, 0.717) is 5.75 Å². The van der Waals surface area contributed by atoms with Gasteiger partial charge in [-0.1, -0.05) is 44.7 Å². The molecule has 25 heavy (non-hydrogen) atoms. The fourth-order valence-corrected chi connectivity index (χ4v) is 3.20. The molecule has 0 amide bonds. The first-order valence-electron chi connectivity index (χ1n) is 8.47. The first-order chi connectivity index (χ1) is 11.9. The van der Waals surface area contributed by atoms with Crippen molar-refractivity contribution in [2.45, 2.75) is 50.3 Å². The van der Waals surface area contributed by atoms with Crippen molar-refractivity contribution in [2.75, 3.05) is 0 Å². The van der Waals surface area contributed by atoms with Crippen molar-refractivity contribution in [3.63, 3.8) is 0 Å². The smallest absolute Gasteiger partial charge is 0.298 e. The quantitative estimate of drug-likeness (QED) is 0.486. The van der Waals surface area contributed by atoms with Crippen LogP contribution < -0.4 is 4.74 Å². The minimum absolute atomic E-state index is 0.0120. The summed E-state index contributed by atoms with van der Waals surface area (Å²) in [5.74, 6) is 0.363. The molecular weight excluding hydrogens is 340 g/mol. The molecule has 2 aromatic rings. The van der Waals surface area contributed by atoms with E-state index in [1.165, 1.54) is 37.5 Å². The fraction of sp³-hybridized carbons (Fsp3) is 0.368.